The summed E-state index contributed by atoms with van der Waals surface area (Å²) in [5, 5.41) is 3.61. The molecule has 27 heavy (non-hydrogen) atoms. The van der Waals surface area contributed by atoms with Gasteiger partial charge in [-0.15, -0.1) is 0 Å². The van der Waals surface area contributed by atoms with E-state index >= 15 is 0 Å². The molecular weight excluding hydrogens is 338 g/mol. The highest BCUT2D eigenvalue weighted by molar-refractivity contribution is 5.79. The molecule has 2 aromatic carbocycles. The van der Waals surface area contributed by atoms with E-state index in [0.29, 0.717) is 22.6 Å². The summed E-state index contributed by atoms with van der Waals surface area (Å²) in [6.45, 7) is 5.97. The third kappa shape index (κ3) is 4.42. The van der Waals surface area contributed by atoms with Crippen LogP contribution < -0.4 is 10.9 Å². The lowest BCUT2D eigenvalue weighted by molar-refractivity contribution is -0.122. The van der Waals surface area contributed by atoms with Gasteiger partial charge in [-0.3, -0.25) is 14.2 Å². The second kappa shape index (κ2) is 8.16. The van der Waals surface area contributed by atoms with Gasteiger partial charge in [0.15, 0.2) is 0 Å². The second-order valence-corrected chi connectivity index (χ2v) is 7.23. The number of fused-ring (bicyclic) bond motifs is 1. The van der Waals surface area contributed by atoms with Crippen LogP contribution in [0.25, 0.3) is 10.9 Å². The summed E-state index contributed by atoms with van der Waals surface area (Å²) in [4.78, 5) is 29.9. The fourth-order valence-electron chi connectivity index (χ4n) is 3.28. The van der Waals surface area contributed by atoms with Gasteiger partial charge in [0.1, 0.15) is 12.4 Å². The molecular formula is C22H25N3O2. The first-order valence-electron chi connectivity index (χ1n) is 9.26. The predicted octanol–water partition coefficient (Wildman–Crippen LogP) is 3.61. The number of amides is 1. The van der Waals surface area contributed by atoms with E-state index in [1.165, 1.54) is 4.57 Å². The monoisotopic (exact) mass is 363 g/mol. The van der Waals surface area contributed by atoms with Gasteiger partial charge in [-0.25, -0.2) is 4.98 Å². The number of hydrogen-bond donors (Lipinski definition) is 1. The van der Waals surface area contributed by atoms with E-state index in [0.717, 1.165) is 12.0 Å². The summed E-state index contributed by atoms with van der Waals surface area (Å²) in [5.74, 6) is 0.781. The van der Waals surface area contributed by atoms with Gasteiger partial charge in [-0.1, -0.05) is 56.3 Å². The Morgan fingerprint density at radius 2 is 1.74 bits per heavy atom. The molecule has 0 aliphatic heterocycles. The van der Waals surface area contributed by atoms with E-state index in [4.69, 9.17) is 0 Å². The molecule has 0 saturated heterocycles. The average molecular weight is 363 g/mol. The van der Waals surface area contributed by atoms with Crippen molar-refractivity contribution in [3.8, 4) is 0 Å². The lowest BCUT2D eigenvalue weighted by atomic mass is 9.97. The summed E-state index contributed by atoms with van der Waals surface area (Å²) in [6, 6.07) is 17.1. The number of rotatable bonds is 6. The maximum absolute atomic E-state index is 12.8. The van der Waals surface area contributed by atoms with Crippen LogP contribution in [-0.2, 0) is 11.3 Å². The van der Waals surface area contributed by atoms with E-state index in [-0.39, 0.29) is 24.1 Å². The SMILES string of the molecule is Cc1nc2ccccc2c(=O)n1CC(=O)N[C@H](CC(C)C)c1ccccc1. The Hall–Kier alpha value is -2.95. The predicted molar refractivity (Wildman–Crippen MR) is 108 cm³/mol. The van der Waals surface area contributed by atoms with Gasteiger partial charge in [-0.2, -0.15) is 0 Å². The van der Waals surface area contributed by atoms with Crippen molar-refractivity contribution < 1.29 is 4.79 Å². The summed E-state index contributed by atoms with van der Waals surface area (Å²) < 4.78 is 1.44. The third-order valence-electron chi connectivity index (χ3n) is 4.60. The van der Waals surface area contributed by atoms with Gasteiger partial charge >= 0.3 is 0 Å². The highest BCUT2D eigenvalue weighted by atomic mass is 16.2. The number of carbonyl (C=O) groups excluding carboxylic acids is 1. The quantitative estimate of drug-likeness (QED) is 0.728. The lowest BCUT2D eigenvalue weighted by Gasteiger charge is -2.22. The van der Waals surface area contributed by atoms with Crippen LogP contribution in [0.3, 0.4) is 0 Å². The van der Waals surface area contributed by atoms with Gasteiger partial charge in [0.2, 0.25) is 5.91 Å². The fourth-order valence-corrected chi connectivity index (χ4v) is 3.28. The molecule has 0 aliphatic carbocycles. The zero-order valence-corrected chi connectivity index (χ0v) is 16.0. The zero-order chi connectivity index (χ0) is 19.4. The average Bonchev–Trinajstić information content (AvgIpc) is 2.65. The standard InChI is InChI=1S/C22H25N3O2/c1-15(2)13-20(17-9-5-4-6-10-17)24-21(26)14-25-16(3)23-19-12-8-7-11-18(19)22(25)27/h4-12,15,20H,13-14H2,1-3H3,(H,24,26)/t20-/m1/s1. The maximum Gasteiger partial charge on any atom is 0.261 e. The van der Waals surface area contributed by atoms with Crippen molar-refractivity contribution in [1.29, 1.82) is 0 Å². The molecule has 1 aromatic heterocycles. The Kier molecular flexibility index (Phi) is 5.69. The van der Waals surface area contributed by atoms with Crippen molar-refractivity contribution in [2.24, 2.45) is 5.92 Å². The number of nitrogens with zero attached hydrogens (tertiary/aromatic N) is 2. The molecule has 3 rings (SSSR count). The van der Waals surface area contributed by atoms with Crippen LogP contribution in [-0.4, -0.2) is 15.5 Å². The van der Waals surface area contributed by atoms with Crippen molar-refractivity contribution in [3.63, 3.8) is 0 Å². The molecule has 1 N–H and O–H groups in total. The highest BCUT2D eigenvalue weighted by Crippen LogP contribution is 2.21. The van der Waals surface area contributed by atoms with Crippen molar-refractivity contribution >= 4 is 16.8 Å². The summed E-state index contributed by atoms with van der Waals surface area (Å²) in [6.07, 6.45) is 0.833. The molecule has 0 unspecified atom stereocenters. The molecule has 140 valence electrons. The molecule has 0 bridgehead atoms. The van der Waals surface area contributed by atoms with Crippen LogP contribution in [0, 0.1) is 12.8 Å². The fraction of sp³-hybridized carbons (Fsp3) is 0.318. The van der Waals surface area contributed by atoms with Gasteiger partial charge < -0.3 is 5.32 Å². The molecule has 0 radical (unpaired) electrons. The van der Waals surface area contributed by atoms with Crippen LogP contribution >= 0.6 is 0 Å². The normalized spacial score (nSPS) is 12.3. The molecule has 5 heteroatoms. The van der Waals surface area contributed by atoms with E-state index in [9.17, 15) is 9.59 Å². The summed E-state index contributed by atoms with van der Waals surface area (Å²) in [5.41, 5.74) is 1.53. The van der Waals surface area contributed by atoms with Gasteiger partial charge in [0.25, 0.3) is 5.56 Å². The Labute approximate surface area is 159 Å². The van der Waals surface area contributed by atoms with Crippen molar-refractivity contribution in [3.05, 3.63) is 76.3 Å². The first-order chi connectivity index (χ1) is 13.0. The minimum atomic E-state index is -0.188. The Balaban J connectivity index is 1.84. The van der Waals surface area contributed by atoms with E-state index in [2.05, 4.69) is 24.1 Å². The molecule has 0 spiro atoms. The van der Waals surface area contributed by atoms with Gasteiger partial charge in [0.05, 0.1) is 16.9 Å². The molecule has 0 fully saturated rings. The number of benzene rings is 2. The molecule has 1 heterocycles. The molecule has 0 aliphatic rings. The summed E-state index contributed by atoms with van der Waals surface area (Å²) in [7, 11) is 0. The van der Waals surface area contributed by atoms with E-state index in [1.807, 2.05) is 42.5 Å². The van der Waals surface area contributed by atoms with Crippen LogP contribution in [0.4, 0.5) is 0 Å². The minimum Gasteiger partial charge on any atom is -0.348 e. The van der Waals surface area contributed by atoms with Crippen molar-refractivity contribution in [2.75, 3.05) is 0 Å². The molecule has 5 nitrogen and oxygen atoms in total. The second-order valence-electron chi connectivity index (χ2n) is 7.23. The lowest BCUT2D eigenvalue weighted by Crippen LogP contribution is -2.36. The number of aromatic nitrogens is 2. The van der Waals surface area contributed by atoms with E-state index < -0.39 is 0 Å². The first-order valence-corrected chi connectivity index (χ1v) is 9.26. The van der Waals surface area contributed by atoms with Crippen LogP contribution in [0.1, 0.15) is 37.7 Å². The molecule has 1 amide bonds. The third-order valence-corrected chi connectivity index (χ3v) is 4.60. The number of para-hydroxylation sites is 1. The number of hydrogen-bond acceptors (Lipinski definition) is 3. The van der Waals surface area contributed by atoms with Gasteiger partial charge in [0, 0.05) is 0 Å². The number of nitrogens with one attached hydrogen (secondary N) is 1. The highest BCUT2D eigenvalue weighted by Gasteiger charge is 2.18. The molecule has 0 saturated carbocycles. The minimum absolute atomic E-state index is 0.0378. The van der Waals surface area contributed by atoms with Crippen LogP contribution in [0.5, 0.6) is 0 Å². The van der Waals surface area contributed by atoms with Crippen molar-refractivity contribution in [2.45, 2.75) is 39.8 Å². The largest absolute Gasteiger partial charge is 0.348 e. The smallest absolute Gasteiger partial charge is 0.261 e. The number of carbonyl (C=O) groups is 1. The molecule has 1 atom stereocenters. The van der Waals surface area contributed by atoms with Crippen LogP contribution in [0.15, 0.2) is 59.4 Å². The zero-order valence-electron chi connectivity index (χ0n) is 16.0. The van der Waals surface area contributed by atoms with Gasteiger partial charge in [-0.05, 0) is 37.0 Å². The van der Waals surface area contributed by atoms with Crippen LogP contribution in [0.2, 0.25) is 0 Å². The maximum atomic E-state index is 12.8. The summed E-state index contributed by atoms with van der Waals surface area (Å²) >= 11 is 0. The van der Waals surface area contributed by atoms with E-state index in [1.54, 1.807) is 19.1 Å². The van der Waals surface area contributed by atoms with Crippen molar-refractivity contribution in [1.82, 2.24) is 14.9 Å². The molecule has 3 aromatic rings. The number of aryl methyl sites for hydroxylation is 1. The Morgan fingerprint density at radius 3 is 2.44 bits per heavy atom. The Bertz CT molecular complexity index is 993. The topological polar surface area (TPSA) is 64.0 Å². The Morgan fingerprint density at radius 1 is 1.07 bits per heavy atom. The first kappa shape index (κ1) is 18.8.